The molecule has 182 valence electrons. The largest absolute Gasteiger partial charge is 0.343 e. The van der Waals surface area contributed by atoms with E-state index in [1.54, 1.807) is 17.0 Å². The minimum absolute atomic E-state index is 0.0106. The van der Waals surface area contributed by atoms with E-state index in [-0.39, 0.29) is 29.7 Å². The van der Waals surface area contributed by atoms with Gasteiger partial charge in [-0.1, -0.05) is 37.3 Å². The Labute approximate surface area is 202 Å². The maximum Gasteiger partial charge on any atom is 0.240 e. The van der Waals surface area contributed by atoms with Crippen LogP contribution in [0.5, 0.6) is 0 Å². The second-order valence-electron chi connectivity index (χ2n) is 9.10. The van der Waals surface area contributed by atoms with Gasteiger partial charge in [0, 0.05) is 44.7 Å². The molecule has 2 aromatic carbocycles. The molecule has 0 atom stereocenters. The van der Waals surface area contributed by atoms with Gasteiger partial charge >= 0.3 is 0 Å². The average Bonchev–Trinajstić information content (AvgIpc) is 3.28. The summed E-state index contributed by atoms with van der Waals surface area (Å²) < 4.78 is 28.1. The van der Waals surface area contributed by atoms with Gasteiger partial charge in [0.25, 0.3) is 0 Å². The topological polar surface area (TPSA) is 86.8 Å². The Hall–Kier alpha value is -2.71. The minimum atomic E-state index is -3.72. The van der Waals surface area contributed by atoms with Gasteiger partial charge in [-0.05, 0) is 60.9 Å². The summed E-state index contributed by atoms with van der Waals surface area (Å²) in [5.74, 6) is 0.604. The van der Waals surface area contributed by atoms with Crippen molar-refractivity contribution in [2.45, 2.75) is 50.3 Å². The minimum Gasteiger partial charge on any atom is -0.343 e. The first-order valence-electron chi connectivity index (χ1n) is 12.1. The van der Waals surface area contributed by atoms with Gasteiger partial charge in [-0.15, -0.1) is 0 Å². The highest BCUT2D eigenvalue weighted by molar-refractivity contribution is 7.89. The lowest BCUT2D eigenvalue weighted by molar-refractivity contribution is -0.132. The van der Waals surface area contributed by atoms with Gasteiger partial charge in [0.1, 0.15) is 0 Å². The lowest BCUT2D eigenvalue weighted by Gasteiger charge is -2.32. The molecule has 0 aromatic heterocycles. The zero-order valence-corrected chi connectivity index (χ0v) is 20.5. The van der Waals surface area contributed by atoms with Gasteiger partial charge < -0.3 is 9.80 Å². The van der Waals surface area contributed by atoms with Crippen molar-refractivity contribution in [2.24, 2.45) is 5.92 Å². The maximum absolute atomic E-state index is 12.8. The highest BCUT2D eigenvalue weighted by Gasteiger charge is 2.26. The molecule has 2 aliphatic rings. The monoisotopic (exact) mass is 483 g/mol. The number of nitrogens with one attached hydrogen (secondary N) is 1. The Balaban J connectivity index is 1.25. The molecule has 4 rings (SSSR count). The molecule has 8 heteroatoms. The van der Waals surface area contributed by atoms with E-state index in [1.165, 1.54) is 11.6 Å². The molecule has 1 fully saturated rings. The maximum atomic E-state index is 12.8. The highest BCUT2D eigenvalue weighted by Crippen LogP contribution is 2.30. The van der Waals surface area contributed by atoms with E-state index >= 15 is 0 Å². The van der Waals surface area contributed by atoms with Crippen molar-refractivity contribution >= 4 is 27.5 Å². The number of piperidine rings is 1. The lowest BCUT2D eigenvalue weighted by atomic mass is 9.90. The molecular weight excluding hydrogens is 450 g/mol. The summed E-state index contributed by atoms with van der Waals surface area (Å²) in [6.45, 7) is 3.91. The van der Waals surface area contributed by atoms with Gasteiger partial charge in [0.05, 0.1) is 4.90 Å². The number of sulfonamides is 1. The van der Waals surface area contributed by atoms with Gasteiger partial charge in [0.2, 0.25) is 21.8 Å². The van der Waals surface area contributed by atoms with E-state index < -0.39 is 10.0 Å². The third-order valence-electron chi connectivity index (χ3n) is 6.83. The Kier molecular flexibility index (Phi) is 7.68. The van der Waals surface area contributed by atoms with Crippen molar-refractivity contribution in [3.63, 3.8) is 0 Å². The molecule has 1 saturated heterocycles. The molecule has 0 unspecified atom stereocenters. The van der Waals surface area contributed by atoms with Crippen LogP contribution in [0, 0.1) is 5.92 Å². The van der Waals surface area contributed by atoms with Gasteiger partial charge in [0.15, 0.2) is 0 Å². The van der Waals surface area contributed by atoms with Crippen LogP contribution in [0.3, 0.4) is 0 Å². The molecule has 0 saturated carbocycles. The predicted molar refractivity (Wildman–Crippen MR) is 132 cm³/mol. The summed E-state index contributed by atoms with van der Waals surface area (Å²) in [6.07, 6.45) is 4.18. The van der Waals surface area contributed by atoms with Crippen LogP contribution in [0.15, 0.2) is 53.4 Å². The van der Waals surface area contributed by atoms with Crippen LogP contribution in [0.1, 0.15) is 43.7 Å². The number of hydrogen-bond acceptors (Lipinski definition) is 4. The zero-order valence-electron chi connectivity index (χ0n) is 19.7. The Morgan fingerprint density at radius 3 is 2.44 bits per heavy atom. The SMILES string of the molecule is CCC(=O)N1CCc2cc(S(=O)(=O)NCCC(=O)N3CCC(Cc4ccccc4)CC3)ccc21. The van der Waals surface area contributed by atoms with E-state index in [9.17, 15) is 18.0 Å². The van der Waals surface area contributed by atoms with E-state index in [0.717, 1.165) is 43.6 Å². The molecule has 2 amide bonds. The van der Waals surface area contributed by atoms with Crippen LogP contribution < -0.4 is 9.62 Å². The zero-order chi connectivity index (χ0) is 24.1. The number of carbonyl (C=O) groups excluding carboxylic acids is 2. The first kappa shape index (κ1) is 24.4. The number of hydrogen-bond donors (Lipinski definition) is 1. The number of benzene rings is 2. The number of anilines is 1. The van der Waals surface area contributed by atoms with Crippen molar-refractivity contribution in [3.8, 4) is 0 Å². The second-order valence-corrected chi connectivity index (χ2v) is 10.9. The molecule has 0 radical (unpaired) electrons. The summed E-state index contributed by atoms with van der Waals surface area (Å²) in [5.41, 5.74) is 2.98. The molecule has 2 aliphatic heterocycles. The summed E-state index contributed by atoms with van der Waals surface area (Å²) in [4.78, 5) is 28.4. The van der Waals surface area contributed by atoms with E-state index in [1.807, 2.05) is 17.9 Å². The van der Waals surface area contributed by atoms with Crippen LogP contribution in [-0.2, 0) is 32.5 Å². The summed E-state index contributed by atoms with van der Waals surface area (Å²) >= 11 is 0. The van der Waals surface area contributed by atoms with Crippen molar-refractivity contribution in [1.82, 2.24) is 9.62 Å². The molecule has 2 heterocycles. The molecule has 0 aliphatic carbocycles. The average molecular weight is 484 g/mol. The Morgan fingerprint density at radius 1 is 1.00 bits per heavy atom. The number of fused-ring (bicyclic) bond motifs is 1. The fourth-order valence-corrected chi connectivity index (χ4v) is 5.94. The number of likely N-dealkylation sites (tertiary alicyclic amines) is 1. The third kappa shape index (κ3) is 5.67. The quantitative estimate of drug-likeness (QED) is 0.625. The Bertz CT molecular complexity index is 1130. The van der Waals surface area contributed by atoms with Gasteiger partial charge in [-0.2, -0.15) is 0 Å². The summed E-state index contributed by atoms with van der Waals surface area (Å²) in [6, 6.07) is 15.3. The summed E-state index contributed by atoms with van der Waals surface area (Å²) in [5, 5.41) is 0. The van der Waals surface area contributed by atoms with Crippen molar-refractivity contribution in [1.29, 1.82) is 0 Å². The van der Waals surface area contributed by atoms with E-state index in [0.29, 0.717) is 25.3 Å². The number of nitrogens with zero attached hydrogens (tertiary/aromatic N) is 2. The number of amides is 2. The lowest BCUT2D eigenvalue weighted by Crippen LogP contribution is -2.40. The van der Waals surface area contributed by atoms with Crippen molar-refractivity contribution in [2.75, 3.05) is 31.1 Å². The third-order valence-corrected chi connectivity index (χ3v) is 8.28. The number of carbonyl (C=O) groups is 2. The first-order valence-corrected chi connectivity index (χ1v) is 13.6. The van der Waals surface area contributed by atoms with Crippen molar-refractivity contribution < 1.29 is 18.0 Å². The fourth-order valence-electron chi connectivity index (χ4n) is 4.86. The predicted octanol–water partition coefficient (Wildman–Crippen LogP) is 3.14. The standard InChI is InChI=1S/C26H33N3O4S/c1-2-25(30)29-17-13-22-19-23(8-9-24(22)29)34(32,33)27-14-10-26(31)28-15-11-21(12-16-28)18-20-6-4-3-5-7-20/h3-9,19,21,27H,2,10-18H2,1H3. The van der Waals surface area contributed by atoms with E-state index in [4.69, 9.17) is 0 Å². The first-order chi connectivity index (χ1) is 16.4. The molecule has 34 heavy (non-hydrogen) atoms. The van der Waals surface area contributed by atoms with Gasteiger partial charge in [-0.3, -0.25) is 9.59 Å². The highest BCUT2D eigenvalue weighted by atomic mass is 32.2. The fraction of sp³-hybridized carbons (Fsp3) is 0.462. The molecular formula is C26H33N3O4S. The van der Waals surface area contributed by atoms with Crippen LogP contribution in [0.2, 0.25) is 0 Å². The van der Waals surface area contributed by atoms with E-state index in [2.05, 4.69) is 29.0 Å². The molecule has 0 bridgehead atoms. The summed E-state index contributed by atoms with van der Waals surface area (Å²) in [7, 11) is -3.72. The van der Waals surface area contributed by atoms with Crippen molar-refractivity contribution in [3.05, 3.63) is 59.7 Å². The smallest absolute Gasteiger partial charge is 0.240 e. The molecule has 1 N–H and O–H groups in total. The second kappa shape index (κ2) is 10.7. The van der Waals surface area contributed by atoms with Crippen LogP contribution >= 0.6 is 0 Å². The molecule has 0 spiro atoms. The van der Waals surface area contributed by atoms with Crippen LogP contribution in [0.4, 0.5) is 5.69 Å². The Morgan fingerprint density at radius 2 is 1.74 bits per heavy atom. The normalized spacial score (nSPS) is 16.5. The van der Waals surface area contributed by atoms with Crippen LogP contribution in [0.25, 0.3) is 0 Å². The van der Waals surface area contributed by atoms with Crippen LogP contribution in [-0.4, -0.2) is 51.3 Å². The molecule has 7 nitrogen and oxygen atoms in total. The number of rotatable bonds is 8. The van der Waals surface area contributed by atoms with Gasteiger partial charge in [-0.25, -0.2) is 13.1 Å². The molecule has 2 aromatic rings.